The Morgan fingerprint density at radius 1 is 1.23 bits per heavy atom. The van der Waals surface area contributed by atoms with Crippen molar-refractivity contribution in [2.75, 3.05) is 13.1 Å². The van der Waals surface area contributed by atoms with E-state index in [0.29, 0.717) is 11.5 Å². The molecule has 10 heteroatoms. The molecule has 1 aliphatic heterocycles. The average Bonchev–Trinajstić information content (AvgIpc) is 3.28. The summed E-state index contributed by atoms with van der Waals surface area (Å²) in [5.74, 6) is -2.64. The van der Waals surface area contributed by atoms with Crippen LogP contribution in [-0.2, 0) is 6.61 Å². The van der Waals surface area contributed by atoms with Crippen LogP contribution in [0, 0.1) is 13.8 Å². The van der Waals surface area contributed by atoms with Crippen molar-refractivity contribution in [1.29, 1.82) is 0 Å². The fourth-order valence-electron chi connectivity index (χ4n) is 3.12. The van der Waals surface area contributed by atoms with Crippen LogP contribution in [0.3, 0.4) is 0 Å². The van der Waals surface area contributed by atoms with E-state index in [1.807, 2.05) is 19.1 Å². The molecule has 3 aromatic heterocycles. The second-order valence-corrected chi connectivity index (χ2v) is 7.13. The highest BCUT2D eigenvalue weighted by atomic mass is 19.3. The van der Waals surface area contributed by atoms with Gasteiger partial charge in [0.25, 0.3) is 11.8 Å². The number of aryl methyl sites for hydroxylation is 2. The highest BCUT2D eigenvalue weighted by molar-refractivity contribution is 5.92. The number of likely N-dealkylation sites (tertiary alicyclic amines) is 1. The van der Waals surface area contributed by atoms with Crippen LogP contribution in [0.2, 0.25) is 0 Å². The molecule has 0 atom stereocenters. The largest absolute Gasteiger partial charge is 0.472 e. The highest BCUT2D eigenvalue weighted by Crippen LogP contribution is 2.28. The molecule has 0 N–H and O–H groups in total. The molecule has 0 radical (unpaired) electrons. The van der Waals surface area contributed by atoms with E-state index in [0.717, 1.165) is 21.7 Å². The Bertz CT molecular complexity index is 1050. The highest BCUT2D eigenvalue weighted by Gasteiger charge is 2.40. The van der Waals surface area contributed by atoms with Crippen LogP contribution >= 0.6 is 0 Å². The van der Waals surface area contributed by atoms with Gasteiger partial charge in [-0.05, 0) is 32.0 Å². The summed E-state index contributed by atoms with van der Waals surface area (Å²) >= 11 is 0. The zero-order valence-corrected chi connectivity index (χ0v) is 16.4. The van der Waals surface area contributed by atoms with Gasteiger partial charge in [-0.2, -0.15) is 0 Å². The van der Waals surface area contributed by atoms with Crippen molar-refractivity contribution in [3.63, 3.8) is 0 Å². The summed E-state index contributed by atoms with van der Waals surface area (Å²) in [6.07, 6.45) is 1.36. The molecule has 0 unspecified atom stereocenters. The molecule has 0 spiro atoms. The lowest BCUT2D eigenvalue weighted by Gasteiger charge is -2.15. The molecule has 4 heterocycles. The van der Waals surface area contributed by atoms with Crippen molar-refractivity contribution >= 4 is 5.91 Å². The van der Waals surface area contributed by atoms with Crippen LogP contribution in [0.25, 0.3) is 11.3 Å². The van der Waals surface area contributed by atoms with Gasteiger partial charge in [-0.3, -0.25) is 9.78 Å². The number of carbonyl (C=O) groups excluding carboxylic acids is 1. The number of amides is 1. The minimum Gasteiger partial charge on any atom is -0.472 e. The van der Waals surface area contributed by atoms with Gasteiger partial charge in [0.05, 0.1) is 12.1 Å². The van der Waals surface area contributed by atoms with Crippen molar-refractivity contribution in [3.05, 3.63) is 53.2 Å². The van der Waals surface area contributed by atoms with Crippen LogP contribution in [0.4, 0.5) is 8.78 Å². The van der Waals surface area contributed by atoms with E-state index in [2.05, 4.69) is 20.3 Å². The molecule has 156 valence electrons. The third-order valence-corrected chi connectivity index (χ3v) is 4.85. The summed E-state index contributed by atoms with van der Waals surface area (Å²) in [5.41, 5.74) is 3.04. The molecule has 0 saturated carbocycles. The normalized spacial score (nSPS) is 15.4. The van der Waals surface area contributed by atoms with Crippen LogP contribution in [0.15, 0.2) is 35.0 Å². The van der Waals surface area contributed by atoms with Crippen LogP contribution in [0.1, 0.15) is 33.9 Å². The van der Waals surface area contributed by atoms with Gasteiger partial charge in [-0.25, -0.2) is 8.78 Å². The Morgan fingerprint density at radius 2 is 2.07 bits per heavy atom. The summed E-state index contributed by atoms with van der Waals surface area (Å²) < 4.78 is 37.6. The number of alkyl halides is 2. The summed E-state index contributed by atoms with van der Waals surface area (Å²) in [6, 6.07) is 6.66. The standard InChI is InChI=1S/C20H19F2N5O3/c1-12-3-4-14(9-23-12)18-15(13(2)30-26-18)10-29-17-6-5-16(24-25-17)19(28)27-8-7-20(21,22)11-27/h3-6,9H,7-8,10-11H2,1-2H3. The summed E-state index contributed by atoms with van der Waals surface area (Å²) in [4.78, 5) is 17.6. The number of nitrogens with zero attached hydrogens (tertiary/aromatic N) is 5. The predicted octanol–water partition coefficient (Wildman–Crippen LogP) is 3.20. The zero-order valence-electron chi connectivity index (χ0n) is 16.4. The molecular formula is C20H19F2N5O3. The zero-order chi connectivity index (χ0) is 21.3. The molecule has 1 fully saturated rings. The molecule has 4 rings (SSSR count). The average molecular weight is 415 g/mol. The monoisotopic (exact) mass is 415 g/mol. The van der Waals surface area contributed by atoms with E-state index < -0.39 is 18.4 Å². The van der Waals surface area contributed by atoms with Crippen LogP contribution < -0.4 is 4.74 Å². The topological polar surface area (TPSA) is 94.2 Å². The van der Waals surface area contributed by atoms with Crippen molar-refractivity contribution in [2.45, 2.75) is 32.8 Å². The Balaban J connectivity index is 1.43. The third-order valence-electron chi connectivity index (χ3n) is 4.85. The fraction of sp³-hybridized carbons (Fsp3) is 0.350. The van der Waals surface area contributed by atoms with E-state index in [9.17, 15) is 13.6 Å². The smallest absolute Gasteiger partial charge is 0.274 e. The Hall–Kier alpha value is -3.43. The maximum atomic E-state index is 13.3. The molecule has 30 heavy (non-hydrogen) atoms. The summed E-state index contributed by atoms with van der Waals surface area (Å²) in [6.45, 7) is 3.18. The lowest BCUT2D eigenvalue weighted by Crippen LogP contribution is -2.32. The van der Waals surface area contributed by atoms with Crippen molar-refractivity contribution < 1.29 is 22.8 Å². The number of pyridine rings is 1. The van der Waals surface area contributed by atoms with Gasteiger partial charge in [-0.15, -0.1) is 10.2 Å². The molecule has 0 aliphatic carbocycles. The Kier molecular flexibility index (Phi) is 5.15. The van der Waals surface area contributed by atoms with Gasteiger partial charge >= 0.3 is 0 Å². The van der Waals surface area contributed by atoms with Crippen molar-refractivity contribution in [3.8, 4) is 17.1 Å². The van der Waals surface area contributed by atoms with Gasteiger partial charge in [0.1, 0.15) is 18.1 Å². The molecule has 0 bridgehead atoms. The van der Waals surface area contributed by atoms with Gasteiger partial charge in [0, 0.05) is 36.5 Å². The van der Waals surface area contributed by atoms with E-state index in [1.54, 1.807) is 13.1 Å². The SMILES string of the molecule is Cc1ccc(-c2noc(C)c2COc2ccc(C(=O)N3CCC(F)(F)C3)nn2)cn1. The van der Waals surface area contributed by atoms with Gasteiger partial charge in [-0.1, -0.05) is 5.16 Å². The molecule has 1 aliphatic rings. The number of hydrogen-bond acceptors (Lipinski definition) is 7. The first-order chi connectivity index (χ1) is 14.3. The number of hydrogen-bond donors (Lipinski definition) is 0. The number of ether oxygens (including phenoxy) is 1. The Labute approximate surface area is 170 Å². The maximum Gasteiger partial charge on any atom is 0.274 e. The predicted molar refractivity (Wildman–Crippen MR) is 101 cm³/mol. The minimum absolute atomic E-state index is 0.00479. The quantitative estimate of drug-likeness (QED) is 0.632. The first kappa shape index (κ1) is 19.9. The molecule has 1 amide bonds. The first-order valence-electron chi connectivity index (χ1n) is 9.34. The second kappa shape index (κ2) is 7.77. The van der Waals surface area contributed by atoms with Gasteiger partial charge < -0.3 is 14.2 Å². The second-order valence-electron chi connectivity index (χ2n) is 7.13. The van der Waals surface area contributed by atoms with Crippen LogP contribution in [0.5, 0.6) is 5.88 Å². The van der Waals surface area contributed by atoms with E-state index in [-0.39, 0.29) is 31.1 Å². The number of rotatable bonds is 5. The number of carbonyl (C=O) groups is 1. The number of halogens is 2. The lowest BCUT2D eigenvalue weighted by molar-refractivity contribution is 0.0119. The number of aromatic nitrogens is 4. The Morgan fingerprint density at radius 3 is 2.70 bits per heavy atom. The summed E-state index contributed by atoms with van der Waals surface area (Å²) in [7, 11) is 0. The first-order valence-corrected chi connectivity index (χ1v) is 9.34. The fourth-order valence-corrected chi connectivity index (χ4v) is 3.12. The third kappa shape index (κ3) is 4.12. The van der Waals surface area contributed by atoms with Gasteiger partial charge in [0.2, 0.25) is 5.88 Å². The van der Waals surface area contributed by atoms with E-state index in [4.69, 9.17) is 9.26 Å². The maximum absolute atomic E-state index is 13.3. The van der Waals surface area contributed by atoms with Crippen molar-refractivity contribution in [1.82, 2.24) is 25.2 Å². The van der Waals surface area contributed by atoms with Crippen molar-refractivity contribution in [2.24, 2.45) is 0 Å². The van der Waals surface area contributed by atoms with Crippen LogP contribution in [-0.4, -0.2) is 50.2 Å². The molecule has 3 aromatic rings. The molecule has 8 nitrogen and oxygen atoms in total. The molecule has 0 aromatic carbocycles. The van der Waals surface area contributed by atoms with E-state index >= 15 is 0 Å². The van der Waals surface area contributed by atoms with Gasteiger partial charge in [0.15, 0.2) is 5.69 Å². The molecule has 1 saturated heterocycles. The summed E-state index contributed by atoms with van der Waals surface area (Å²) in [5, 5.41) is 11.8. The molecular weight excluding hydrogens is 396 g/mol. The lowest BCUT2D eigenvalue weighted by atomic mass is 10.1. The van der Waals surface area contributed by atoms with E-state index in [1.165, 1.54) is 12.1 Å². The minimum atomic E-state index is -2.85.